The summed E-state index contributed by atoms with van der Waals surface area (Å²) in [6.07, 6.45) is -6.92. The smallest absolute Gasteiger partial charge is 0.416 e. The van der Waals surface area contributed by atoms with Crippen molar-refractivity contribution in [2.45, 2.75) is 53.3 Å². The lowest BCUT2D eigenvalue weighted by atomic mass is 10.1. The predicted octanol–water partition coefficient (Wildman–Crippen LogP) is 10.0. The number of nitrogens with zero attached hydrogens (tertiary/aromatic N) is 2. The first kappa shape index (κ1) is 51.7. The summed E-state index contributed by atoms with van der Waals surface area (Å²) >= 11 is 0. The Bertz CT molecular complexity index is 2000. The van der Waals surface area contributed by atoms with Gasteiger partial charge in [-0.2, -0.15) is 34.8 Å². The number of phenolic OH excluding ortho intramolecular Hbond substituents is 1. The maximum atomic E-state index is 12.6. The zero-order valence-electron chi connectivity index (χ0n) is 31.9. The van der Waals surface area contributed by atoms with Gasteiger partial charge in [0.05, 0.1) is 30.6 Å². The van der Waals surface area contributed by atoms with Crippen LogP contribution >= 0.6 is 0 Å². The maximum absolute atomic E-state index is 12.6. The molecule has 4 aromatic rings. The Hall–Kier alpha value is -5.49. The minimum atomic E-state index is -4.36. The van der Waals surface area contributed by atoms with Gasteiger partial charge in [-0.25, -0.2) is 9.59 Å². The molecule has 0 unspecified atom stereocenters. The van der Waals surface area contributed by atoms with Crippen LogP contribution in [0.4, 0.5) is 35.9 Å². The molecule has 0 aromatic heterocycles. The topological polar surface area (TPSA) is 132 Å². The highest BCUT2D eigenvalue weighted by atomic mass is 32.2. The van der Waals surface area contributed by atoms with Gasteiger partial charge in [-0.15, -0.1) is 0 Å². The van der Waals surface area contributed by atoms with Gasteiger partial charge in [-0.05, 0) is 72.5 Å². The van der Waals surface area contributed by atoms with Gasteiger partial charge in [0.25, 0.3) is 10.1 Å². The molecule has 18 heteroatoms. The fourth-order valence-electron chi connectivity index (χ4n) is 5.71. The zero-order chi connectivity index (χ0) is 43.1. The van der Waals surface area contributed by atoms with Crippen LogP contribution in [0.2, 0.25) is 0 Å². The Balaban J connectivity index is 0.000000335. The minimum Gasteiger partial charge on any atom is -0.508 e. The summed E-state index contributed by atoms with van der Waals surface area (Å²) in [5.74, 6) is 0.367. The van der Waals surface area contributed by atoms with E-state index in [2.05, 4.69) is 0 Å². The molecule has 2 aliphatic heterocycles. The molecule has 336 valence electrons. The van der Waals surface area contributed by atoms with Crippen molar-refractivity contribution in [3.63, 3.8) is 0 Å². The molecule has 2 heterocycles. The number of likely N-dealkylation sites (tertiary alicyclic amines) is 2. The molecule has 1 N–H and O–H groups in total. The molecular weight excluding hydrogens is 835 g/mol. The standard InChI is InChI=1S/C20H20F3NO3.C14H19NO5S.C7H5F3O.2CH4/c21-20(22,23)17-6-8-18(9-7-17)26-14-16-10-11-24(12-16)19(25)27-13-15-4-2-1-3-5-15;1-21(17,18)20-11-13-7-8-15(9-13)14(16)19-10-12-5-3-2-4-6-12;8-7(9,10)5-1-3-6(11)4-2-5;;/h1-9,16H,10-14H2;2-6,13H,7-11H2,1H3;1-4,11H;2*1H4/t16-;13-;;;/m11.../s1. The first-order valence-electron chi connectivity index (χ1n) is 18.3. The molecule has 2 atom stereocenters. The number of rotatable bonds is 10. The number of benzene rings is 4. The molecule has 0 aliphatic carbocycles. The summed E-state index contributed by atoms with van der Waals surface area (Å²) < 4.78 is 116. The number of hydrogen-bond donors (Lipinski definition) is 1. The van der Waals surface area contributed by atoms with E-state index in [1.54, 1.807) is 9.80 Å². The van der Waals surface area contributed by atoms with Crippen molar-refractivity contribution in [2.75, 3.05) is 45.6 Å². The van der Waals surface area contributed by atoms with Crippen molar-refractivity contribution in [1.29, 1.82) is 0 Å². The Morgan fingerprint density at radius 3 is 1.43 bits per heavy atom. The third kappa shape index (κ3) is 18.8. The van der Waals surface area contributed by atoms with Crippen LogP contribution in [0.25, 0.3) is 0 Å². The van der Waals surface area contributed by atoms with E-state index in [-0.39, 0.29) is 64.4 Å². The monoisotopic (exact) mass is 886 g/mol. The van der Waals surface area contributed by atoms with Crippen LogP contribution in [0.1, 0.15) is 49.9 Å². The van der Waals surface area contributed by atoms with Crippen LogP contribution in [-0.4, -0.2) is 81.2 Å². The Labute approximate surface area is 352 Å². The van der Waals surface area contributed by atoms with Crippen molar-refractivity contribution < 1.29 is 67.8 Å². The summed E-state index contributed by atoms with van der Waals surface area (Å²) in [6, 6.07) is 27.2. The highest BCUT2D eigenvalue weighted by Crippen LogP contribution is 2.31. The van der Waals surface area contributed by atoms with Crippen molar-refractivity contribution >= 4 is 22.3 Å². The average molecular weight is 887 g/mol. The molecule has 2 fully saturated rings. The molecule has 0 radical (unpaired) electrons. The highest BCUT2D eigenvalue weighted by Gasteiger charge is 2.32. The van der Waals surface area contributed by atoms with Crippen molar-refractivity contribution in [3.8, 4) is 11.5 Å². The van der Waals surface area contributed by atoms with Crippen LogP contribution in [0, 0.1) is 11.8 Å². The van der Waals surface area contributed by atoms with Crippen molar-refractivity contribution in [3.05, 3.63) is 131 Å². The molecule has 11 nitrogen and oxygen atoms in total. The number of alkyl halides is 6. The van der Waals surface area contributed by atoms with Crippen LogP contribution in [0.15, 0.2) is 109 Å². The molecule has 6 rings (SSSR count). The zero-order valence-corrected chi connectivity index (χ0v) is 32.7. The summed E-state index contributed by atoms with van der Waals surface area (Å²) in [5.41, 5.74) is 0.396. The Kier molecular flexibility index (Phi) is 20.4. The first-order chi connectivity index (χ1) is 27.9. The molecule has 0 spiro atoms. The van der Waals surface area contributed by atoms with Crippen molar-refractivity contribution in [2.24, 2.45) is 11.8 Å². The third-order valence-electron chi connectivity index (χ3n) is 8.88. The quantitative estimate of drug-likeness (QED) is 0.122. The van der Waals surface area contributed by atoms with E-state index in [0.717, 1.165) is 66.6 Å². The van der Waals surface area contributed by atoms with E-state index in [4.69, 9.17) is 23.5 Å². The molecular formula is C43H52F6N2O9S. The maximum Gasteiger partial charge on any atom is 0.416 e. The van der Waals surface area contributed by atoms with Crippen LogP contribution in [0.5, 0.6) is 11.5 Å². The number of phenols is 1. The number of hydrogen-bond acceptors (Lipinski definition) is 9. The predicted molar refractivity (Wildman–Crippen MR) is 217 cm³/mol. The molecule has 61 heavy (non-hydrogen) atoms. The average Bonchev–Trinajstić information content (AvgIpc) is 3.89. The van der Waals surface area contributed by atoms with Crippen LogP contribution in [-0.2, 0) is 49.3 Å². The fourth-order valence-corrected chi connectivity index (χ4v) is 6.15. The lowest BCUT2D eigenvalue weighted by Crippen LogP contribution is -2.30. The normalized spacial score (nSPS) is 16.0. The van der Waals surface area contributed by atoms with Gasteiger partial charge >= 0.3 is 24.5 Å². The summed E-state index contributed by atoms with van der Waals surface area (Å²) in [5, 5.41) is 8.66. The second-order valence-electron chi connectivity index (χ2n) is 13.6. The molecule has 2 amide bonds. The van der Waals surface area contributed by atoms with Gasteiger partial charge in [-0.3, -0.25) is 4.18 Å². The van der Waals surface area contributed by atoms with Crippen LogP contribution < -0.4 is 4.74 Å². The number of carbonyl (C=O) groups is 2. The van der Waals surface area contributed by atoms with E-state index in [9.17, 15) is 44.3 Å². The highest BCUT2D eigenvalue weighted by molar-refractivity contribution is 7.85. The van der Waals surface area contributed by atoms with E-state index >= 15 is 0 Å². The summed E-state index contributed by atoms with van der Waals surface area (Å²) in [4.78, 5) is 27.2. The second-order valence-corrected chi connectivity index (χ2v) is 15.3. The van der Waals surface area contributed by atoms with E-state index in [1.807, 2.05) is 60.7 Å². The largest absolute Gasteiger partial charge is 0.508 e. The number of aromatic hydroxyl groups is 1. The molecule has 0 saturated carbocycles. The lowest BCUT2D eigenvalue weighted by Gasteiger charge is -2.17. The van der Waals surface area contributed by atoms with Gasteiger partial charge in [-0.1, -0.05) is 75.5 Å². The van der Waals surface area contributed by atoms with E-state index in [1.165, 1.54) is 12.1 Å². The second kappa shape index (κ2) is 24.1. The van der Waals surface area contributed by atoms with Crippen LogP contribution in [0.3, 0.4) is 0 Å². The van der Waals surface area contributed by atoms with Crippen molar-refractivity contribution in [1.82, 2.24) is 9.80 Å². The first-order valence-corrected chi connectivity index (χ1v) is 20.1. The summed E-state index contributed by atoms with van der Waals surface area (Å²) in [7, 11) is -3.43. The molecule has 0 bridgehead atoms. The van der Waals surface area contributed by atoms with Gasteiger partial charge in [0.2, 0.25) is 0 Å². The Morgan fingerprint density at radius 2 is 1.03 bits per heavy atom. The number of carbonyl (C=O) groups excluding carboxylic acids is 2. The van der Waals surface area contributed by atoms with E-state index < -0.39 is 33.6 Å². The number of halogens is 6. The lowest BCUT2D eigenvalue weighted by molar-refractivity contribution is -0.138. The fraction of sp³-hybridized carbons (Fsp3) is 0.395. The van der Waals surface area contributed by atoms with Gasteiger partial charge in [0.15, 0.2) is 0 Å². The third-order valence-corrected chi connectivity index (χ3v) is 9.44. The molecule has 2 aliphatic rings. The minimum absolute atomic E-state index is 0. The summed E-state index contributed by atoms with van der Waals surface area (Å²) in [6.45, 7) is 3.02. The molecule has 4 aromatic carbocycles. The van der Waals surface area contributed by atoms with E-state index in [0.29, 0.717) is 38.5 Å². The Morgan fingerprint density at radius 1 is 0.639 bits per heavy atom. The van der Waals surface area contributed by atoms with Gasteiger partial charge in [0.1, 0.15) is 24.7 Å². The van der Waals surface area contributed by atoms with Gasteiger partial charge in [0, 0.05) is 38.0 Å². The SMILES string of the molecule is C.C.CS(=O)(=O)OC[C@@H]1CCN(C(=O)OCc2ccccc2)C1.O=C(OCc1ccccc1)N1CC[C@@H](COc2ccc(C(F)(F)F)cc2)C1.Oc1ccc(C(F)(F)F)cc1. The number of amides is 2. The number of ether oxygens (including phenoxy) is 3. The van der Waals surface area contributed by atoms with Gasteiger partial charge < -0.3 is 29.1 Å². The molecule has 2 saturated heterocycles.